The fourth-order valence-electron chi connectivity index (χ4n) is 4.64. The minimum atomic E-state index is -0.359. The largest absolute Gasteiger partial charge is 3.00 e. The second kappa shape index (κ2) is 16.5. The van der Waals surface area contributed by atoms with Gasteiger partial charge in [-0.05, 0) is 34.1 Å². The van der Waals surface area contributed by atoms with Crippen molar-refractivity contribution in [2.45, 2.75) is 64.5 Å². The molecule has 5 heteroatoms. The van der Waals surface area contributed by atoms with Crippen LogP contribution >= 0.6 is 0 Å². The van der Waals surface area contributed by atoms with E-state index >= 15 is 0 Å². The molecule has 2 unspecified atom stereocenters. The zero-order valence-corrected chi connectivity index (χ0v) is 28.2. The fraction of sp³-hybridized carbons (Fsp3) is 0.256. The van der Waals surface area contributed by atoms with Crippen LogP contribution in [0.1, 0.15) is 63.8 Å². The predicted octanol–water partition coefficient (Wildman–Crippen LogP) is 10.6. The minimum Gasteiger partial charge on any atom is -0.668 e. The molecule has 2 aliphatic rings. The summed E-state index contributed by atoms with van der Waals surface area (Å²) in [6.45, 7) is 12.5. The molecule has 2 aliphatic carbocycles. The summed E-state index contributed by atoms with van der Waals surface area (Å²) < 4.78 is 0. The van der Waals surface area contributed by atoms with Crippen LogP contribution < -0.4 is 0 Å². The van der Waals surface area contributed by atoms with Crippen LogP contribution in [-0.4, -0.2) is 22.3 Å². The molecule has 0 amide bonds. The first-order valence-electron chi connectivity index (χ1n) is 14.7. The van der Waals surface area contributed by atoms with Gasteiger partial charge in [-0.15, -0.1) is 0 Å². The normalized spacial score (nSPS) is 19.1. The van der Waals surface area contributed by atoms with Crippen LogP contribution in [0.15, 0.2) is 126 Å². The van der Waals surface area contributed by atoms with Crippen molar-refractivity contribution in [3.05, 3.63) is 160 Å². The van der Waals surface area contributed by atoms with E-state index in [2.05, 4.69) is 41.5 Å². The molecule has 0 saturated heterocycles. The average Bonchev–Trinajstić information content (AvgIpc) is 3.53. The second-order valence-electron chi connectivity index (χ2n) is 12.7. The zero-order chi connectivity index (χ0) is 31.6. The van der Waals surface area contributed by atoms with E-state index in [1.165, 1.54) is 0 Å². The van der Waals surface area contributed by atoms with Gasteiger partial charge in [-0.25, -0.2) is 12.1 Å². The molecule has 0 aromatic heterocycles. The zero-order valence-electron chi connectivity index (χ0n) is 26.7. The van der Waals surface area contributed by atoms with Crippen molar-refractivity contribution in [2.75, 3.05) is 0 Å². The van der Waals surface area contributed by atoms with Crippen molar-refractivity contribution in [2.24, 2.45) is 0 Å². The van der Waals surface area contributed by atoms with E-state index in [0.717, 1.165) is 33.4 Å². The Labute approximate surface area is 279 Å². The third-order valence-electron chi connectivity index (χ3n) is 7.08. The summed E-state index contributed by atoms with van der Waals surface area (Å²) in [5.41, 5.74) is 20.9. The van der Waals surface area contributed by atoms with E-state index < -0.39 is 0 Å². The first-order chi connectivity index (χ1) is 20.3. The first-order valence-corrected chi connectivity index (χ1v) is 14.7. The maximum Gasteiger partial charge on any atom is 3.00 e. The number of benzene rings is 2. The molecule has 3 aromatic carbocycles. The summed E-state index contributed by atoms with van der Waals surface area (Å²) in [5.74, 6) is 0.635. The average molecular weight is 622 g/mol. The number of para-hydroxylation sites is 2. The van der Waals surface area contributed by atoms with Crippen molar-refractivity contribution in [3.8, 4) is 11.5 Å². The number of rotatable bonds is 2. The van der Waals surface area contributed by atoms with Gasteiger partial charge >= 0.3 is 21.7 Å². The van der Waals surface area contributed by atoms with Gasteiger partial charge in [0, 0.05) is 11.1 Å². The number of phenolic OH excluding ortho intramolecular Hbond substituents is 2. The summed E-state index contributed by atoms with van der Waals surface area (Å²) >= 11 is 0. The Hall–Kier alpha value is -3.54. The number of allylic oxidation sites excluding steroid dienone is 4. The van der Waals surface area contributed by atoms with Crippen molar-refractivity contribution < 1.29 is 31.9 Å². The molecule has 0 saturated carbocycles. The third-order valence-corrected chi connectivity index (χ3v) is 7.08. The van der Waals surface area contributed by atoms with Crippen molar-refractivity contribution in [3.63, 3.8) is 0 Å². The van der Waals surface area contributed by atoms with Crippen molar-refractivity contribution >= 4 is 12.2 Å². The first kappa shape index (κ1) is 36.7. The van der Waals surface area contributed by atoms with Gasteiger partial charge in [0.25, 0.3) is 0 Å². The van der Waals surface area contributed by atoms with E-state index in [1.807, 2.05) is 127 Å². The molecule has 1 radical (unpaired) electrons. The van der Waals surface area contributed by atoms with Crippen LogP contribution in [0.5, 0.6) is 11.5 Å². The fourth-order valence-corrected chi connectivity index (χ4v) is 4.64. The molecule has 2 atom stereocenters. The third kappa shape index (κ3) is 10.6. The predicted molar refractivity (Wildman–Crippen MR) is 184 cm³/mol. The molecule has 0 bridgehead atoms. The SMILES string of the molecule is CC(C)(C)c1cccc(C=C2C=CC=CC2[NH-])c1O.CC(C)(C)c1cccc(C=C2C=CC=CC2[NH-])c1O.[Ti+3].c1cc[cH-]c1. The Morgan fingerprint density at radius 2 is 1.00 bits per heavy atom. The maximum absolute atomic E-state index is 10.4. The molecule has 0 heterocycles. The quantitative estimate of drug-likeness (QED) is 0.220. The van der Waals surface area contributed by atoms with Crippen LogP contribution in [0.4, 0.5) is 0 Å². The van der Waals surface area contributed by atoms with Gasteiger partial charge in [-0.1, -0.05) is 150 Å². The van der Waals surface area contributed by atoms with Gasteiger partial charge in [0.1, 0.15) is 11.5 Å². The Balaban J connectivity index is 0.000000259. The van der Waals surface area contributed by atoms with Crippen LogP contribution in [-0.2, 0) is 32.5 Å². The van der Waals surface area contributed by atoms with E-state index in [0.29, 0.717) is 11.5 Å². The Bertz CT molecular complexity index is 1400. The molecular weight excluding hydrogens is 576 g/mol. The van der Waals surface area contributed by atoms with Crippen molar-refractivity contribution in [1.82, 2.24) is 0 Å². The molecule has 5 rings (SSSR count). The van der Waals surface area contributed by atoms with E-state index in [4.69, 9.17) is 11.5 Å². The summed E-state index contributed by atoms with van der Waals surface area (Å²) in [6, 6.07) is 20.9. The van der Waals surface area contributed by atoms with Gasteiger partial charge < -0.3 is 21.7 Å². The molecule has 4 N–H and O–H groups in total. The van der Waals surface area contributed by atoms with Crippen LogP contribution in [0.3, 0.4) is 0 Å². The van der Waals surface area contributed by atoms with Gasteiger partial charge in [0.05, 0.1) is 0 Å². The van der Waals surface area contributed by atoms with Gasteiger partial charge in [-0.3, -0.25) is 0 Å². The molecule has 0 aliphatic heterocycles. The van der Waals surface area contributed by atoms with E-state index in [-0.39, 0.29) is 44.6 Å². The Kier molecular flexibility index (Phi) is 13.8. The smallest absolute Gasteiger partial charge is 0.668 e. The molecule has 0 spiro atoms. The number of aromatic hydroxyl groups is 2. The van der Waals surface area contributed by atoms with Crippen molar-refractivity contribution in [1.29, 1.82) is 0 Å². The Morgan fingerprint density at radius 3 is 1.30 bits per heavy atom. The summed E-state index contributed by atoms with van der Waals surface area (Å²) in [6.07, 6.45) is 18.9. The van der Waals surface area contributed by atoms with Crippen LogP contribution in [0.2, 0.25) is 0 Å². The van der Waals surface area contributed by atoms with E-state index in [9.17, 15) is 10.2 Å². The molecule has 3 aromatic rings. The van der Waals surface area contributed by atoms with E-state index in [1.54, 1.807) is 0 Å². The summed E-state index contributed by atoms with van der Waals surface area (Å²) in [7, 11) is 0. The van der Waals surface area contributed by atoms with Crippen LogP contribution in [0.25, 0.3) is 23.6 Å². The number of nitrogens with one attached hydrogen (secondary N) is 2. The standard InChI is InChI=1S/2C17H20NO.C5H5.Ti/c2*1-17(2,3)14-9-6-8-13(16(14)19)11-12-7-4-5-10-15(12)18;1-2-4-5-3-1;/h2*4-11,15,18-19H,1-3H3;1-5H;/q3*-1;+3. The molecular formula is C39H45N2O2Ti. The topological polar surface area (TPSA) is 88.1 Å². The van der Waals surface area contributed by atoms with Gasteiger partial charge in [0.15, 0.2) is 0 Å². The summed E-state index contributed by atoms with van der Waals surface area (Å²) in [5, 5.41) is 20.8. The Morgan fingerprint density at radius 1 is 0.614 bits per heavy atom. The minimum absolute atomic E-state index is 0. The number of hydrogen-bond donors (Lipinski definition) is 2. The molecule has 227 valence electrons. The monoisotopic (exact) mass is 621 g/mol. The van der Waals surface area contributed by atoms with Gasteiger partial charge in [0.2, 0.25) is 0 Å². The maximum atomic E-state index is 10.4. The summed E-state index contributed by atoms with van der Waals surface area (Å²) in [4.78, 5) is 0. The molecule has 44 heavy (non-hydrogen) atoms. The second-order valence-corrected chi connectivity index (χ2v) is 12.7. The van der Waals surface area contributed by atoms with Crippen LogP contribution in [0, 0.1) is 0 Å². The van der Waals surface area contributed by atoms with Gasteiger partial charge in [-0.2, -0.15) is 18.2 Å². The molecule has 0 fully saturated rings. The number of hydrogen-bond acceptors (Lipinski definition) is 2. The molecule has 4 nitrogen and oxygen atoms in total. The number of phenols is 2.